The third-order valence-corrected chi connectivity index (χ3v) is 3.63. The van der Waals surface area contributed by atoms with Gasteiger partial charge in [0.1, 0.15) is 5.78 Å². The van der Waals surface area contributed by atoms with Crippen LogP contribution in [0, 0.1) is 5.92 Å². The number of aromatic hydroxyl groups is 1. The standard InChI is InChI=1S/C17H26O3/c1-4-5-13(2)6-9-15(18)10-7-14-8-11-16(19)17(12-14)20-3/h8,11-13,19H,4-7,9-10H2,1-3H3. The summed E-state index contributed by atoms with van der Waals surface area (Å²) in [5.74, 6) is 1.56. The summed E-state index contributed by atoms with van der Waals surface area (Å²) in [4.78, 5) is 11.9. The number of Topliss-reactive ketones (excluding diaryl/α,β-unsaturated/α-hetero) is 1. The van der Waals surface area contributed by atoms with Crippen LogP contribution in [0.4, 0.5) is 0 Å². The third kappa shape index (κ3) is 5.64. The minimum atomic E-state index is 0.135. The molecule has 1 N–H and O–H groups in total. The van der Waals surface area contributed by atoms with Crippen molar-refractivity contribution in [3.05, 3.63) is 23.8 Å². The van der Waals surface area contributed by atoms with Gasteiger partial charge in [-0.15, -0.1) is 0 Å². The zero-order valence-electron chi connectivity index (χ0n) is 12.8. The molecule has 0 aliphatic carbocycles. The number of benzene rings is 1. The Morgan fingerprint density at radius 1 is 1.30 bits per heavy atom. The van der Waals surface area contributed by atoms with Crippen molar-refractivity contribution in [2.75, 3.05) is 7.11 Å². The molecule has 0 aromatic heterocycles. The van der Waals surface area contributed by atoms with Gasteiger partial charge in [0.25, 0.3) is 0 Å². The molecule has 0 spiro atoms. The minimum Gasteiger partial charge on any atom is -0.504 e. The Morgan fingerprint density at radius 2 is 2.05 bits per heavy atom. The normalized spacial score (nSPS) is 12.2. The maximum Gasteiger partial charge on any atom is 0.160 e. The summed E-state index contributed by atoms with van der Waals surface area (Å²) < 4.78 is 5.06. The van der Waals surface area contributed by atoms with E-state index in [2.05, 4.69) is 13.8 Å². The highest BCUT2D eigenvalue weighted by atomic mass is 16.5. The van der Waals surface area contributed by atoms with Gasteiger partial charge in [0.05, 0.1) is 7.11 Å². The lowest BCUT2D eigenvalue weighted by Crippen LogP contribution is -2.04. The molecule has 0 saturated carbocycles. The number of phenols is 1. The highest BCUT2D eigenvalue weighted by Crippen LogP contribution is 2.26. The Morgan fingerprint density at radius 3 is 2.70 bits per heavy atom. The first-order valence-corrected chi connectivity index (χ1v) is 7.44. The van der Waals surface area contributed by atoms with E-state index in [1.54, 1.807) is 12.1 Å². The van der Waals surface area contributed by atoms with Crippen molar-refractivity contribution < 1.29 is 14.6 Å². The van der Waals surface area contributed by atoms with Crippen LogP contribution in [0.15, 0.2) is 18.2 Å². The lowest BCUT2D eigenvalue weighted by atomic mass is 9.97. The molecule has 0 heterocycles. The van der Waals surface area contributed by atoms with Gasteiger partial charge in [-0.1, -0.05) is 32.8 Å². The van der Waals surface area contributed by atoms with Gasteiger partial charge in [-0.3, -0.25) is 4.79 Å². The van der Waals surface area contributed by atoms with Gasteiger partial charge in [-0.2, -0.15) is 0 Å². The zero-order valence-corrected chi connectivity index (χ0v) is 12.8. The number of rotatable bonds is 9. The SMILES string of the molecule is CCCC(C)CCC(=O)CCc1ccc(O)c(OC)c1. The van der Waals surface area contributed by atoms with Crippen molar-refractivity contribution in [3.63, 3.8) is 0 Å². The van der Waals surface area contributed by atoms with Crippen molar-refractivity contribution in [2.45, 2.75) is 52.4 Å². The van der Waals surface area contributed by atoms with E-state index >= 15 is 0 Å². The molecule has 0 bridgehead atoms. The summed E-state index contributed by atoms with van der Waals surface area (Å²) >= 11 is 0. The summed E-state index contributed by atoms with van der Waals surface area (Å²) in [5.41, 5.74) is 1.02. The average molecular weight is 278 g/mol. The molecule has 112 valence electrons. The summed E-state index contributed by atoms with van der Waals surface area (Å²) in [6.45, 7) is 4.39. The van der Waals surface area contributed by atoms with E-state index in [4.69, 9.17) is 4.74 Å². The number of ether oxygens (including phenoxy) is 1. The molecule has 20 heavy (non-hydrogen) atoms. The first-order valence-electron chi connectivity index (χ1n) is 7.44. The van der Waals surface area contributed by atoms with Crippen LogP contribution in [-0.4, -0.2) is 18.0 Å². The maximum atomic E-state index is 11.9. The smallest absolute Gasteiger partial charge is 0.160 e. The Kier molecular flexibility index (Phi) is 7.13. The van der Waals surface area contributed by atoms with Crippen molar-refractivity contribution >= 4 is 5.78 Å². The number of phenolic OH excluding ortho intramolecular Hbond substituents is 1. The van der Waals surface area contributed by atoms with Gasteiger partial charge in [0, 0.05) is 12.8 Å². The van der Waals surface area contributed by atoms with Crippen molar-refractivity contribution in [2.24, 2.45) is 5.92 Å². The van der Waals surface area contributed by atoms with Crippen LogP contribution < -0.4 is 4.74 Å². The van der Waals surface area contributed by atoms with Crippen molar-refractivity contribution in [1.29, 1.82) is 0 Å². The second-order valence-corrected chi connectivity index (χ2v) is 5.48. The number of carbonyl (C=O) groups excluding carboxylic acids is 1. The van der Waals surface area contributed by atoms with E-state index < -0.39 is 0 Å². The van der Waals surface area contributed by atoms with Crippen LogP contribution in [0.1, 0.15) is 51.5 Å². The summed E-state index contributed by atoms with van der Waals surface area (Å²) in [5, 5.41) is 9.52. The first-order chi connectivity index (χ1) is 9.56. The van der Waals surface area contributed by atoms with Crippen LogP contribution in [0.25, 0.3) is 0 Å². The molecule has 1 aromatic rings. The Bertz CT molecular complexity index is 426. The summed E-state index contributed by atoms with van der Waals surface area (Å²) in [6, 6.07) is 5.25. The van der Waals surface area contributed by atoms with Gasteiger partial charge in [0.15, 0.2) is 11.5 Å². The largest absolute Gasteiger partial charge is 0.504 e. The second-order valence-electron chi connectivity index (χ2n) is 5.48. The van der Waals surface area contributed by atoms with Gasteiger partial charge in [-0.05, 0) is 36.5 Å². The predicted octanol–water partition coefficient (Wildman–Crippen LogP) is 4.12. The van der Waals surface area contributed by atoms with E-state index in [-0.39, 0.29) is 5.75 Å². The fraction of sp³-hybridized carbons (Fsp3) is 0.588. The van der Waals surface area contributed by atoms with Crippen LogP contribution >= 0.6 is 0 Å². The van der Waals surface area contributed by atoms with Gasteiger partial charge < -0.3 is 9.84 Å². The van der Waals surface area contributed by atoms with Crippen LogP contribution in [-0.2, 0) is 11.2 Å². The molecule has 1 atom stereocenters. The number of carbonyl (C=O) groups is 1. The van der Waals surface area contributed by atoms with Gasteiger partial charge in [0.2, 0.25) is 0 Å². The second kappa shape index (κ2) is 8.62. The lowest BCUT2D eigenvalue weighted by Gasteiger charge is -2.09. The molecular formula is C17H26O3. The molecule has 0 aliphatic heterocycles. The molecule has 0 radical (unpaired) electrons. The molecule has 1 aromatic carbocycles. The van der Waals surface area contributed by atoms with Crippen LogP contribution in [0.3, 0.4) is 0 Å². The maximum absolute atomic E-state index is 11.9. The number of hydrogen-bond donors (Lipinski definition) is 1. The Hall–Kier alpha value is -1.51. The van der Waals surface area contributed by atoms with Gasteiger partial charge >= 0.3 is 0 Å². The molecule has 1 unspecified atom stereocenters. The molecule has 0 fully saturated rings. The fourth-order valence-corrected chi connectivity index (χ4v) is 2.33. The lowest BCUT2D eigenvalue weighted by molar-refractivity contribution is -0.119. The monoisotopic (exact) mass is 278 g/mol. The number of aryl methyl sites for hydroxylation is 1. The fourth-order valence-electron chi connectivity index (χ4n) is 2.33. The zero-order chi connectivity index (χ0) is 15.0. The van der Waals surface area contributed by atoms with Gasteiger partial charge in [-0.25, -0.2) is 0 Å². The first kappa shape index (κ1) is 16.5. The Balaban J connectivity index is 2.37. The summed E-state index contributed by atoms with van der Waals surface area (Å²) in [7, 11) is 1.53. The molecular weight excluding hydrogens is 252 g/mol. The molecule has 3 nitrogen and oxygen atoms in total. The molecule has 0 aliphatic rings. The third-order valence-electron chi connectivity index (χ3n) is 3.63. The molecule has 1 rings (SSSR count). The van der Waals surface area contributed by atoms with E-state index in [1.807, 2.05) is 6.07 Å². The van der Waals surface area contributed by atoms with Crippen molar-refractivity contribution in [1.82, 2.24) is 0 Å². The highest BCUT2D eigenvalue weighted by molar-refractivity contribution is 5.78. The Labute approximate surface area is 122 Å². The summed E-state index contributed by atoms with van der Waals surface area (Å²) in [6.07, 6.45) is 5.32. The quantitative estimate of drug-likeness (QED) is 0.739. The van der Waals surface area contributed by atoms with E-state index in [0.717, 1.165) is 12.0 Å². The number of ketones is 1. The number of hydrogen-bond acceptors (Lipinski definition) is 3. The number of methoxy groups -OCH3 is 1. The van der Waals surface area contributed by atoms with Crippen LogP contribution in [0.5, 0.6) is 11.5 Å². The average Bonchev–Trinajstić information content (AvgIpc) is 2.44. The highest BCUT2D eigenvalue weighted by Gasteiger charge is 2.08. The minimum absolute atomic E-state index is 0.135. The van der Waals surface area contributed by atoms with E-state index in [9.17, 15) is 9.90 Å². The van der Waals surface area contributed by atoms with E-state index in [1.165, 1.54) is 20.0 Å². The molecule has 3 heteroatoms. The molecule has 0 amide bonds. The van der Waals surface area contributed by atoms with Crippen LogP contribution in [0.2, 0.25) is 0 Å². The van der Waals surface area contributed by atoms with E-state index in [0.29, 0.717) is 36.7 Å². The van der Waals surface area contributed by atoms with Crippen molar-refractivity contribution in [3.8, 4) is 11.5 Å². The predicted molar refractivity (Wildman–Crippen MR) is 81.3 cm³/mol. The molecule has 0 saturated heterocycles. The topological polar surface area (TPSA) is 46.5 Å².